The second kappa shape index (κ2) is 5.32. The van der Waals surface area contributed by atoms with Crippen molar-refractivity contribution in [2.24, 2.45) is 21.7 Å². The van der Waals surface area contributed by atoms with Gasteiger partial charge < -0.3 is 14.9 Å². The molecular formula is C19H26O6. The Kier molecular flexibility index (Phi) is 3.82. The third kappa shape index (κ3) is 2.66. The van der Waals surface area contributed by atoms with Crippen molar-refractivity contribution in [3.8, 4) is 0 Å². The highest BCUT2D eigenvalue weighted by Crippen LogP contribution is 2.75. The number of methoxy groups -OCH3 is 1. The fourth-order valence-electron chi connectivity index (χ4n) is 6.82. The molecule has 4 saturated carbocycles. The van der Waals surface area contributed by atoms with Crippen molar-refractivity contribution in [2.45, 2.75) is 58.3 Å². The molecule has 0 spiro atoms. The second-order valence-electron chi connectivity index (χ2n) is 9.14. The Balaban J connectivity index is 2.00. The van der Waals surface area contributed by atoms with Gasteiger partial charge in [-0.2, -0.15) is 0 Å². The summed E-state index contributed by atoms with van der Waals surface area (Å²) in [6, 6.07) is 0. The van der Waals surface area contributed by atoms with E-state index in [1.807, 2.05) is 0 Å². The van der Waals surface area contributed by atoms with Crippen molar-refractivity contribution in [1.29, 1.82) is 0 Å². The first-order valence-electron chi connectivity index (χ1n) is 8.73. The molecule has 0 amide bonds. The summed E-state index contributed by atoms with van der Waals surface area (Å²) in [5.41, 5.74) is -2.11. The molecule has 0 heterocycles. The first-order valence-corrected chi connectivity index (χ1v) is 8.73. The summed E-state index contributed by atoms with van der Waals surface area (Å²) >= 11 is 0. The molecule has 4 rings (SSSR count). The fraction of sp³-hybridized carbons (Fsp3) is 0.737. The molecule has 0 radical (unpaired) electrons. The highest BCUT2D eigenvalue weighted by Gasteiger charge is 2.71. The molecule has 138 valence electrons. The van der Waals surface area contributed by atoms with Crippen LogP contribution in [0.5, 0.6) is 0 Å². The normalized spacial score (nSPS) is 41.4. The van der Waals surface area contributed by atoms with E-state index in [-0.39, 0.29) is 22.4 Å². The zero-order valence-corrected chi connectivity index (χ0v) is 14.9. The van der Waals surface area contributed by atoms with Gasteiger partial charge in [0.25, 0.3) is 0 Å². The predicted molar refractivity (Wildman–Crippen MR) is 88.8 cm³/mol. The molecule has 4 aliphatic carbocycles. The van der Waals surface area contributed by atoms with E-state index >= 15 is 0 Å². The van der Waals surface area contributed by atoms with Crippen LogP contribution in [0.4, 0.5) is 0 Å². The summed E-state index contributed by atoms with van der Waals surface area (Å²) in [6.45, 7) is 5.67. The Hall–Kier alpha value is -1.85. The van der Waals surface area contributed by atoms with Crippen molar-refractivity contribution in [3.63, 3.8) is 0 Å². The minimum atomic E-state index is -1.02. The Bertz CT molecular complexity index is 669. The van der Waals surface area contributed by atoms with Gasteiger partial charge in [0, 0.05) is 5.57 Å². The molecule has 0 aromatic carbocycles. The van der Waals surface area contributed by atoms with Crippen molar-refractivity contribution in [3.05, 3.63) is 12.2 Å². The predicted octanol–water partition coefficient (Wildman–Crippen LogP) is 3.01. The molecule has 4 atom stereocenters. The topological polar surface area (TPSA) is 101 Å². The molecule has 4 bridgehead atoms. The Labute approximate surface area is 147 Å². The summed E-state index contributed by atoms with van der Waals surface area (Å²) in [4.78, 5) is 35.9. The van der Waals surface area contributed by atoms with E-state index in [2.05, 4.69) is 13.5 Å². The van der Waals surface area contributed by atoms with E-state index in [0.717, 1.165) is 6.42 Å². The van der Waals surface area contributed by atoms with Gasteiger partial charge >= 0.3 is 17.9 Å². The van der Waals surface area contributed by atoms with Crippen molar-refractivity contribution < 1.29 is 29.3 Å². The molecule has 0 aromatic heterocycles. The number of rotatable bonds is 6. The molecular weight excluding hydrogens is 324 g/mol. The van der Waals surface area contributed by atoms with Gasteiger partial charge in [0.1, 0.15) is 0 Å². The first-order chi connectivity index (χ1) is 11.5. The number of esters is 1. The lowest BCUT2D eigenvalue weighted by Crippen LogP contribution is -2.64. The lowest BCUT2D eigenvalue weighted by molar-refractivity contribution is -0.221. The average molecular weight is 350 g/mol. The Morgan fingerprint density at radius 1 is 1.00 bits per heavy atom. The highest BCUT2D eigenvalue weighted by molar-refractivity contribution is 5.85. The SMILES string of the molecule is C=C(CCC12CC3(C)CC(C(=O)O)(C1)CC(C(=O)OC)(C3)C2)C(=O)O. The summed E-state index contributed by atoms with van der Waals surface area (Å²) in [5.74, 6) is -2.18. The van der Waals surface area contributed by atoms with Crippen LogP contribution in [0, 0.1) is 21.7 Å². The molecule has 0 aromatic rings. The number of carboxylic acids is 2. The Morgan fingerprint density at radius 3 is 2.16 bits per heavy atom. The van der Waals surface area contributed by atoms with Crippen LogP contribution in [0.3, 0.4) is 0 Å². The molecule has 25 heavy (non-hydrogen) atoms. The molecule has 6 heteroatoms. The fourth-order valence-corrected chi connectivity index (χ4v) is 6.82. The van der Waals surface area contributed by atoms with Gasteiger partial charge in [0.05, 0.1) is 17.9 Å². The molecule has 2 N–H and O–H groups in total. The van der Waals surface area contributed by atoms with E-state index in [1.165, 1.54) is 7.11 Å². The Morgan fingerprint density at radius 2 is 1.60 bits per heavy atom. The van der Waals surface area contributed by atoms with Crippen LogP contribution in [0.1, 0.15) is 58.3 Å². The maximum atomic E-state index is 12.6. The minimum Gasteiger partial charge on any atom is -0.481 e. The van der Waals surface area contributed by atoms with E-state index in [0.29, 0.717) is 44.9 Å². The van der Waals surface area contributed by atoms with Gasteiger partial charge in [-0.3, -0.25) is 9.59 Å². The van der Waals surface area contributed by atoms with E-state index < -0.39 is 22.8 Å². The molecule has 6 nitrogen and oxygen atoms in total. The van der Waals surface area contributed by atoms with Crippen LogP contribution < -0.4 is 0 Å². The zero-order valence-electron chi connectivity index (χ0n) is 14.9. The van der Waals surface area contributed by atoms with Gasteiger partial charge in [-0.05, 0) is 62.2 Å². The highest BCUT2D eigenvalue weighted by atomic mass is 16.5. The number of hydrogen-bond acceptors (Lipinski definition) is 4. The average Bonchev–Trinajstić information content (AvgIpc) is 2.49. The molecule has 4 fully saturated rings. The minimum absolute atomic E-state index is 0.136. The van der Waals surface area contributed by atoms with Crippen molar-refractivity contribution in [1.82, 2.24) is 0 Å². The lowest BCUT2D eigenvalue weighted by Gasteiger charge is -2.68. The van der Waals surface area contributed by atoms with Crippen LogP contribution in [-0.4, -0.2) is 35.2 Å². The van der Waals surface area contributed by atoms with Gasteiger partial charge in [0.15, 0.2) is 0 Å². The van der Waals surface area contributed by atoms with Gasteiger partial charge in [-0.25, -0.2) is 4.79 Å². The maximum absolute atomic E-state index is 12.6. The van der Waals surface area contributed by atoms with Crippen LogP contribution in [0.25, 0.3) is 0 Å². The monoisotopic (exact) mass is 350 g/mol. The van der Waals surface area contributed by atoms with E-state index in [4.69, 9.17) is 9.84 Å². The molecule has 0 aliphatic heterocycles. The summed E-state index contributed by atoms with van der Waals surface area (Å²) < 4.78 is 5.07. The number of carbonyl (C=O) groups excluding carboxylic acids is 1. The van der Waals surface area contributed by atoms with Crippen molar-refractivity contribution in [2.75, 3.05) is 7.11 Å². The lowest BCUT2D eigenvalue weighted by atomic mass is 9.35. The number of aliphatic carboxylic acids is 2. The number of hydrogen-bond donors (Lipinski definition) is 2. The number of carbonyl (C=O) groups is 3. The smallest absolute Gasteiger partial charge is 0.330 e. The van der Waals surface area contributed by atoms with Gasteiger partial charge in [0.2, 0.25) is 0 Å². The van der Waals surface area contributed by atoms with Crippen molar-refractivity contribution >= 4 is 17.9 Å². The molecule has 0 saturated heterocycles. The van der Waals surface area contributed by atoms with Crippen LogP contribution >= 0.6 is 0 Å². The summed E-state index contributed by atoms with van der Waals surface area (Å²) in [7, 11) is 1.36. The standard InChI is InChI=1S/C19H26O6/c1-12(13(20)21)4-5-17-6-16(2)7-18(9-17,14(22)23)11-19(8-16,10-17)15(24)25-3/h1,4-11H2,2-3H3,(H,20,21)(H,22,23). The number of carboxylic acid groups (broad SMARTS) is 2. The van der Waals surface area contributed by atoms with Gasteiger partial charge in [-0.15, -0.1) is 0 Å². The molecule has 4 unspecified atom stereocenters. The van der Waals surface area contributed by atoms with Crippen LogP contribution in [0.2, 0.25) is 0 Å². The van der Waals surface area contributed by atoms with E-state index in [1.54, 1.807) is 0 Å². The summed E-state index contributed by atoms with van der Waals surface area (Å²) in [6.07, 6.45) is 4.37. The summed E-state index contributed by atoms with van der Waals surface area (Å²) in [5, 5.41) is 19.1. The molecule has 4 aliphatic rings. The third-order valence-electron chi connectivity index (χ3n) is 6.77. The largest absolute Gasteiger partial charge is 0.481 e. The first kappa shape index (κ1) is 18.0. The van der Waals surface area contributed by atoms with Gasteiger partial charge in [-0.1, -0.05) is 13.5 Å². The third-order valence-corrected chi connectivity index (χ3v) is 6.77. The van der Waals surface area contributed by atoms with E-state index in [9.17, 15) is 19.5 Å². The van der Waals surface area contributed by atoms with Crippen LogP contribution in [-0.2, 0) is 19.1 Å². The quantitative estimate of drug-likeness (QED) is 0.564. The van der Waals surface area contributed by atoms with Crippen LogP contribution in [0.15, 0.2) is 12.2 Å². The second-order valence-corrected chi connectivity index (χ2v) is 9.14. The zero-order chi connectivity index (χ0) is 18.7. The maximum Gasteiger partial charge on any atom is 0.330 e. The number of ether oxygens (including phenoxy) is 1.